The third-order valence-corrected chi connectivity index (χ3v) is 2.95. The molecule has 0 atom stereocenters. The van der Waals surface area contributed by atoms with Crippen LogP contribution in [0.15, 0.2) is 34.9 Å². The molecule has 0 aliphatic heterocycles. The van der Waals surface area contributed by atoms with Crippen LogP contribution in [-0.4, -0.2) is 23.6 Å². The lowest BCUT2D eigenvalue weighted by Crippen LogP contribution is -2.19. The Morgan fingerprint density at radius 3 is 2.91 bits per heavy atom. The zero-order valence-electron chi connectivity index (χ0n) is 12.0. The second-order valence-electron chi connectivity index (χ2n) is 4.46. The second-order valence-corrected chi connectivity index (χ2v) is 4.86. The van der Waals surface area contributed by atoms with Crippen molar-refractivity contribution in [2.24, 2.45) is 0 Å². The summed E-state index contributed by atoms with van der Waals surface area (Å²) in [6, 6.07) is 5.66. The summed E-state index contributed by atoms with van der Waals surface area (Å²) in [5, 5.41) is 6.11. The lowest BCUT2D eigenvalue weighted by atomic mass is 10.2. The average molecular weight is 339 g/mol. The number of aryl methyl sites for hydroxylation is 1. The highest BCUT2D eigenvalue weighted by atomic mass is 35.5. The number of halogens is 2. The van der Waals surface area contributed by atoms with E-state index in [4.69, 9.17) is 20.9 Å². The Morgan fingerprint density at radius 1 is 1.48 bits per heavy atom. The molecule has 0 saturated heterocycles. The van der Waals surface area contributed by atoms with E-state index in [1.807, 2.05) is 0 Å². The second kappa shape index (κ2) is 7.55. The summed E-state index contributed by atoms with van der Waals surface area (Å²) < 4.78 is 23.0. The van der Waals surface area contributed by atoms with Gasteiger partial charge in [0.1, 0.15) is 5.82 Å². The number of carbonyl (C=O) groups excluding carboxylic acids is 2. The van der Waals surface area contributed by atoms with Gasteiger partial charge >= 0.3 is 5.97 Å². The van der Waals surface area contributed by atoms with E-state index in [2.05, 4.69) is 10.5 Å². The van der Waals surface area contributed by atoms with Crippen molar-refractivity contribution in [3.05, 3.63) is 52.4 Å². The molecule has 0 aliphatic carbocycles. The monoisotopic (exact) mass is 338 g/mol. The Bertz CT molecular complexity index is 737. The SMILES string of the molecule is Cc1cc(NC(=O)COC(=O)/C=C/c2c(F)cccc2Cl)on1. The number of benzene rings is 1. The van der Waals surface area contributed by atoms with Crippen LogP contribution in [0.5, 0.6) is 0 Å². The van der Waals surface area contributed by atoms with Crippen LogP contribution in [0.3, 0.4) is 0 Å². The van der Waals surface area contributed by atoms with Gasteiger partial charge < -0.3 is 9.26 Å². The van der Waals surface area contributed by atoms with Crippen molar-refractivity contribution in [2.75, 3.05) is 11.9 Å². The van der Waals surface area contributed by atoms with Crippen molar-refractivity contribution in [3.8, 4) is 0 Å². The number of rotatable bonds is 5. The summed E-state index contributed by atoms with van der Waals surface area (Å²) in [5.74, 6) is -1.82. The first kappa shape index (κ1) is 16.7. The quantitative estimate of drug-likeness (QED) is 0.669. The van der Waals surface area contributed by atoms with Crippen LogP contribution < -0.4 is 5.32 Å². The summed E-state index contributed by atoms with van der Waals surface area (Å²) >= 11 is 5.81. The van der Waals surface area contributed by atoms with Gasteiger partial charge in [-0.3, -0.25) is 10.1 Å². The molecule has 0 radical (unpaired) electrons. The number of nitrogens with one attached hydrogen (secondary N) is 1. The Morgan fingerprint density at radius 2 is 2.26 bits per heavy atom. The van der Waals surface area contributed by atoms with E-state index in [1.165, 1.54) is 30.3 Å². The van der Waals surface area contributed by atoms with Crippen molar-refractivity contribution < 1.29 is 23.2 Å². The predicted octanol–water partition coefficient (Wildman–Crippen LogP) is 2.97. The van der Waals surface area contributed by atoms with Crippen LogP contribution in [-0.2, 0) is 14.3 Å². The van der Waals surface area contributed by atoms with E-state index in [9.17, 15) is 14.0 Å². The number of hydrogen-bond acceptors (Lipinski definition) is 5. The summed E-state index contributed by atoms with van der Waals surface area (Å²) in [7, 11) is 0. The van der Waals surface area contributed by atoms with E-state index in [-0.39, 0.29) is 16.5 Å². The standard InChI is InChI=1S/C15H12ClFN2O4/c1-9-7-14(23-19-9)18-13(20)8-22-15(21)6-5-10-11(16)3-2-4-12(10)17/h2-7H,8H2,1H3,(H,18,20)/b6-5+. The molecule has 1 aromatic heterocycles. The van der Waals surface area contributed by atoms with Crippen LogP contribution in [0.1, 0.15) is 11.3 Å². The van der Waals surface area contributed by atoms with Crippen molar-refractivity contribution in [3.63, 3.8) is 0 Å². The Labute approximate surface area is 135 Å². The van der Waals surface area contributed by atoms with Crippen molar-refractivity contribution >= 4 is 35.4 Å². The normalized spacial score (nSPS) is 10.7. The number of aromatic nitrogens is 1. The molecular weight excluding hydrogens is 327 g/mol. The number of nitrogens with zero attached hydrogens (tertiary/aromatic N) is 1. The number of anilines is 1. The highest BCUT2D eigenvalue weighted by molar-refractivity contribution is 6.32. The van der Waals surface area contributed by atoms with Gasteiger partial charge in [-0.05, 0) is 25.1 Å². The summed E-state index contributed by atoms with van der Waals surface area (Å²) in [5.41, 5.74) is 0.662. The lowest BCUT2D eigenvalue weighted by Gasteiger charge is -2.02. The molecule has 1 amide bonds. The molecule has 6 nitrogen and oxygen atoms in total. The first-order chi connectivity index (χ1) is 11.0. The number of hydrogen-bond donors (Lipinski definition) is 1. The fraction of sp³-hybridized carbons (Fsp3) is 0.133. The van der Waals surface area contributed by atoms with Gasteiger partial charge in [-0.1, -0.05) is 22.8 Å². The topological polar surface area (TPSA) is 81.4 Å². The molecule has 1 heterocycles. The van der Waals surface area contributed by atoms with Crippen molar-refractivity contribution in [1.29, 1.82) is 0 Å². The number of amides is 1. The van der Waals surface area contributed by atoms with Gasteiger partial charge in [-0.15, -0.1) is 0 Å². The number of esters is 1. The molecule has 2 rings (SSSR count). The lowest BCUT2D eigenvalue weighted by molar-refractivity contribution is -0.142. The van der Waals surface area contributed by atoms with Gasteiger partial charge in [0.05, 0.1) is 10.7 Å². The maximum Gasteiger partial charge on any atom is 0.331 e. The van der Waals surface area contributed by atoms with E-state index in [1.54, 1.807) is 6.92 Å². The van der Waals surface area contributed by atoms with Crippen LogP contribution in [0, 0.1) is 12.7 Å². The number of carbonyl (C=O) groups is 2. The van der Waals surface area contributed by atoms with Gasteiger partial charge in [0.25, 0.3) is 5.91 Å². The van der Waals surface area contributed by atoms with E-state index in [0.717, 1.165) is 6.08 Å². The van der Waals surface area contributed by atoms with Gasteiger partial charge in [-0.25, -0.2) is 9.18 Å². The van der Waals surface area contributed by atoms with Crippen LogP contribution in [0.4, 0.5) is 10.3 Å². The minimum absolute atomic E-state index is 0.0627. The van der Waals surface area contributed by atoms with E-state index in [0.29, 0.717) is 5.69 Å². The number of ether oxygens (including phenoxy) is 1. The molecule has 1 N–H and O–H groups in total. The van der Waals surface area contributed by atoms with Crippen molar-refractivity contribution in [1.82, 2.24) is 5.16 Å². The largest absolute Gasteiger partial charge is 0.452 e. The molecule has 8 heteroatoms. The maximum atomic E-state index is 13.5. The summed E-state index contributed by atoms with van der Waals surface area (Å²) in [6.07, 6.45) is 2.16. The molecule has 23 heavy (non-hydrogen) atoms. The van der Waals surface area contributed by atoms with E-state index < -0.39 is 24.3 Å². The Balaban J connectivity index is 1.85. The molecule has 2 aromatic rings. The van der Waals surface area contributed by atoms with Gasteiger partial charge in [0.15, 0.2) is 6.61 Å². The molecule has 0 saturated carbocycles. The molecule has 0 fully saturated rings. The molecule has 1 aromatic carbocycles. The predicted molar refractivity (Wildman–Crippen MR) is 81.3 cm³/mol. The van der Waals surface area contributed by atoms with Crippen LogP contribution in [0.2, 0.25) is 5.02 Å². The highest BCUT2D eigenvalue weighted by Gasteiger charge is 2.09. The average Bonchev–Trinajstić information content (AvgIpc) is 2.89. The molecular formula is C15H12ClFN2O4. The third-order valence-electron chi connectivity index (χ3n) is 2.62. The molecule has 0 unspecified atom stereocenters. The summed E-state index contributed by atoms with van der Waals surface area (Å²) in [4.78, 5) is 23.0. The Hall–Kier alpha value is -2.67. The van der Waals surface area contributed by atoms with E-state index >= 15 is 0 Å². The molecule has 0 spiro atoms. The zero-order chi connectivity index (χ0) is 16.8. The van der Waals surface area contributed by atoms with Crippen LogP contribution in [0.25, 0.3) is 6.08 Å². The van der Waals surface area contributed by atoms with Crippen molar-refractivity contribution in [2.45, 2.75) is 6.92 Å². The van der Waals surface area contributed by atoms with Gasteiger partial charge in [0, 0.05) is 17.7 Å². The van der Waals surface area contributed by atoms with Crippen LogP contribution >= 0.6 is 11.6 Å². The van der Waals surface area contributed by atoms with Gasteiger partial charge in [-0.2, -0.15) is 0 Å². The Kier molecular flexibility index (Phi) is 5.48. The minimum atomic E-state index is -0.812. The first-order valence-corrected chi connectivity index (χ1v) is 6.85. The fourth-order valence-electron chi connectivity index (χ4n) is 1.60. The van der Waals surface area contributed by atoms with Gasteiger partial charge in [0.2, 0.25) is 5.88 Å². The fourth-order valence-corrected chi connectivity index (χ4v) is 1.83. The minimum Gasteiger partial charge on any atom is -0.452 e. The molecule has 0 aliphatic rings. The smallest absolute Gasteiger partial charge is 0.331 e. The molecule has 120 valence electrons. The highest BCUT2D eigenvalue weighted by Crippen LogP contribution is 2.20. The third kappa shape index (κ3) is 4.93. The molecule has 0 bridgehead atoms. The summed E-state index contributed by atoms with van der Waals surface area (Å²) in [6.45, 7) is 1.17. The maximum absolute atomic E-state index is 13.5. The first-order valence-electron chi connectivity index (χ1n) is 6.47. The zero-order valence-corrected chi connectivity index (χ0v) is 12.8.